The van der Waals surface area contributed by atoms with Gasteiger partial charge in [-0.1, -0.05) is 29.8 Å². The summed E-state index contributed by atoms with van der Waals surface area (Å²) in [5.74, 6) is -0.982. The minimum Gasteiger partial charge on any atom is -0.308 e. The summed E-state index contributed by atoms with van der Waals surface area (Å²) in [5.41, 5.74) is 0.946. The maximum absolute atomic E-state index is 14.8. The third-order valence-corrected chi connectivity index (χ3v) is 7.81. The Kier molecular flexibility index (Phi) is 6.46. The van der Waals surface area contributed by atoms with E-state index >= 15 is 0 Å². The highest BCUT2D eigenvalue weighted by Gasteiger charge is 2.36. The lowest BCUT2D eigenvalue weighted by molar-refractivity contribution is -0.118. The molecule has 4 rings (SSSR count). The van der Waals surface area contributed by atoms with Crippen LogP contribution in [0.1, 0.15) is 24.9 Å². The van der Waals surface area contributed by atoms with Crippen LogP contribution in [0.2, 0.25) is 5.02 Å². The van der Waals surface area contributed by atoms with Crippen LogP contribution < -0.4 is 9.62 Å². The van der Waals surface area contributed by atoms with Crippen LogP contribution in [-0.2, 0) is 14.8 Å². The number of nitrogens with zero attached hydrogens (tertiary/aromatic N) is 2. The molecule has 0 aromatic heterocycles. The molecule has 1 unspecified atom stereocenters. The van der Waals surface area contributed by atoms with Crippen LogP contribution in [0.15, 0.2) is 59.5 Å². The van der Waals surface area contributed by atoms with Crippen LogP contribution >= 0.6 is 11.6 Å². The molecular weight excluding hydrogens is 465 g/mol. The molecule has 1 saturated heterocycles. The van der Waals surface area contributed by atoms with Crippen molar-refractivity contribution in [2.24, 2.45) is 0 Å². The molecule has 3 aromatic rings. The lowest BCUT2D eigenvalue weighted by Gasteiger charge is -2.22. The van der Waals surface area contributed by atoms with Gasteiger partial charge in [0.15, 0.2) is 0 Å². The number of benzene rings is 3. The molecule has 174 valence electrons. The number of sulfonamides is 1. The molecule has 1 N–H and O–H groups in total. The zero-order valence-electron chi connectivity index (χ0n) is 18.5. The summed E-state index contributed by atoms with van der Waals surface area (Å²) in [6.07, 6.45) is 0.247. The standard InChI is InChI=1S/C24H25ClFN3O3S/c1-15(28(2)3)16-6-9-23(21(26)14-16)29-11-10-22(24(29)30)27-33(31,32)20-8-5-17-12-19(25)7-4-18(17)13-20/h4-9,12-15,22,27H,10-11H2,1-3H3/t15?,22-/m0/s1. The van der Waals surface area contributed by atoms with Gasteiger partial charge in [0.05, 0.1) is 10.6 Å². The van der Waals surface area contributed by atoms with Crippen molar-refractivity contribution in [3.8, 4) is 0 Å². The first-order valence-corrected chi connectivity index (χ1v) is 12.4. The van der Waals surface area contributed by atoms with Crippen LogP contribution in [0.25, 0.3) is 10.8 Å². The average molecular weight is 490 g/mol. The Morgan fingerprint density at radius 2 is 1.79 bits per heavy atom. The van der Waals surface area contributed by atoms with Crippen molar-refractivity contribution in [2.45, 2.75) is 30.3 Å². The summed E-state index contributed by atoms with van der Waals surface area (Å²) >= 11 is 5.99. The number of nitrogens with one attached hydrogen (secondary N) is 1. The van der Waals surface area contributed by atoms with E-state index in [1.54, 1.807) is 36.4 Å². The molecular formula is C24H25ClFN3O3S. The predicted molar refractivity (Wildman–Crippen MR) is 129 cm³/mol. The van der Waals surface area contributed by atoms with Gasteiger partial charge in [-0.15, -0.1) is 0 Å². The first-order valence-electron chi connectivity index (χ1n) is 10.6. The largest absolute Gasteiger partial charge is 0.308 e. The highest BCUT2D eigenvalue weighted by Crippen LogP contribution is 2.29. The maximum Gasteiger partial charge on any atom is 0.245 e. The highest BCUT2D eigenvalue weighted by atomic mass is 35.5. The van der Waals surface area contributed by atoms with Gasteiger partial charge in [0.1, 0.15) is 11.9 Å². The zero-order chi connectivity index (χ0) is 23.9. The number of amides is 1. The second kappa shape index (κ2) is 9.02. The van der Waals surface area contributed by atoms with E-state index in [-0.39, 0.29) is 29.6 Å². The molecule has 0 spiro atoms. The Morgan fingerprint density at radius 3 is 2.48 bits per heavy atom. The Hall–Kier alpha value is -2.52. The minimum atomic E-state index is -3.95. The molecule has 1 heterocycles. The summed E-state index contributed by atoms with van der Waals surface area (Å²) in [6, 6.07) is 13.7. The van der Waals surface area contributed by atoms with E-state index in [1.165, 1.54) is 23.1 Å². The van der Waals surface area contributed by atoms with Gasteiger partial charge in [-0.3, -0.25) is 4.79 Å². The van der Waals surface area contributed by atoms with Crippen LogP contribution in [0.5, 0.6) is 0 Å². The van der Waals surface area contributed by atoms with Gasteiger partial charge in [0, 0.05) is 17.6 Å². The molecule has 1 aliphatic heterocycles. The lowest BCUT2D eigenvalue weighted by Crippen LogP contribution is -2.41. The Morgan fingerprint density at radius 1 is 1.09 bits per heavy atom. The van der Waals surface area contributed by atoms with E-state index in [4.69, 9.17) is 11.6 Å². The fraction of sp³-hybridized carbons (Fsp3) is 0.292. The topological polar surface area (TPSA) is 69.7 Å². The van der Waals surface area contributed by atoms with E-state index < -0.39 is 27.8 Å². The number of carbonyl (C=O) groups is 1. The van der Waals surface area contributed by atoms with Crippen molar-refractivity contribution >= 4 is 44.0 Å². The molecule has 0 aliphatic carbocycles. The quantitative estimate of drug-likeness (QED) is 0.559. The van der Waals surface area contributed by atoms with Gasteiger partial charge in [0.25, 0.3) is 0 Å². The fourth-order valence-corrected chi connectivity index (χ4v) is 5.38. The summed E-state index contributed by atoms with van der Waals surface area (Å²) in [6.45, 7) is 2.18. The number of anilines is 1. The first kappa shape index (κ1) is 23.6. The molecule has 1 aliphatic rings. The van der Waals surface area contributed by atoms with E-state index in [2.05, 4.69) is 4.72 Å². The van der Waals surface area contributed by atoms with Crippen molar-refractivity contribution in [1.29, 1.82) is 0 Å². The molecule has 33 heavy (non-hydrogen) atoms. The molecule has 0 saturated carbocycles. The molecule has 1 fully saturated rings. The van der Waals surface area contributed by atoms with Crippen LogP contribution in [0, 0.1) is 5.82 Å². The number of rotatable bonds is 6. The first-order chi connectivity index (χ1) is 15.6. The van der Waals surface area contributed by atoms with Gasteiger partial charge in [-0.05, 0) is 80.2 Å². The third kappa shape index (κ3) is 4.75. The second-order valence-electron chi connectivity index (χ2n) is 8.46. The molecule has 0 bridgehead atoms. The molecule has 6 nitrogen and oxygen atoms in total. The van der Waals surface area contributed by atoms with Crippen molar-refractivity contribution in [1.82, 2.24) is 9.62 Å². The minimum absolute atomic E-state index is 0.0142. The smallest absolute Gasteiger partial charge is 0.245 e. The molecule has 9 heteroatoms. The van der Waals surface area contributed by atoms with Gasteiger partial charge in [-0.2, -0.15) is 4.72 Å². The Bertz CT molecular complexity index is 1330. The Labute approximate surface area is 198 Å². The van der Waals surface area contributed by atoms with Crippen molar-refractivity contribution < 1.29 is 17.6 Å². The number of hydrogen-bond acceptors (Lipinski definition) is 4. The second-order valence-corrected chi connectivity index (χ2v) is 10.6. The number of fused-ring (bicyclic) bond motifs is 1. The molecule has 1 amide bonds. The highest BCUT2D eigenvalue weighted by molar-refractivity contribution is 7.89. The van der Waals surface area contributed by atoms with E-state index in [9.17, 15) is 17.6 Å². The van der Waals surface area contributed by atoms with Gasteiger partial charge < -0.3 is 9.80 Å². The van der Waals surface area contributed by atoms with Crippen molar-refractivity contribution in [2.75, 3.05) is 25.5 Å². The van der Waals surface area contributed by atoms with Crippen molar-refractivity contribution in [3.63, 3.8) is 0 Å². The molecule has 3 aromatic carbocycles. The van der Waals surface area contributed by atoms with Gasteiger partial charge in [-0.25, -0.2) is 12.8 Å². The lowest BCUT2D eigenvalue weighted by atomic mass is 10.1. The maximum atomic E-state index is 14.8. The summed E-state index contributed by atoms with van der Waals surface area (Å²) in [4.78, 5) is 16.3. The van der Waals surface area contributed by atoms with Crippen LogP contribution in [0.3, 0.4) is 0 Å². The summed E-state index contributed by atoms with van der Waals surface area (Å²) in [7, 11) is -0.142. The number of carbonyl (C=O) groups excluding carboxylic acids is 1. The average Bonchev–Trinajstić information content (AvgIpc) is 3.11. The van der Waals surface area contributed by atoms with Crippen LogP contribution in [0.4, 0.5) is 10.1 Å². The van der Waals surface area contributed by atoms with Crippen molar-refractivity contribution in [3.05, 3.63) is 71.0 Å². The Balaban J connectivity index is 1.53. The number of halogens is 2. The fourth-order valence-electron chi connectivity index (χ4n) is 3.95. The van der Waals surface area contributed by atoms with Crippen LogP contribution in [-0.4, -0.2) is 45.9 Å². The van der Waals surface area contributed by atoms with Gasteiger partial charge in [0.2, 0.25) is 15.9 Å². The zero-order valence-corrected chi connectivity index (χ0v) is 20.1. The molecule has 0 radical (unpaired) electrons. The van der Waals surface area contributed by atoms with E-state index in [0.29, 0.717) is 5.02 Å². The SMILES string of the molecule is CC(c1ccc(N2CC[C@H](NS(=O)(=O)c3ccc4cc(Cl)ccc4c3)C2=O)c(F)c1)N(C)C. The normalized spacial score (nSPS) is 17.8. The molecule has 2 atom stereocenters. The van der Waals surface area contributed by atoms with E-state index in [1.807, 2.05) is 25.9 Å². The third-order valence-electron chi connectivity index (χ3n) is 6.11. The summed E-state index contributed by atoms with van der Waals surface area (Å²) < 4.78 is 43.2. The predicted octanol–water partition coefficient (Wildman–Crippen LogP) is 4.34. The van der Waals surface area contributed by atoms with E-state index in [0.717, 1.165) is 16.3 Å². The summed E-state index contributed by atoms with van der Waals surface area (Å²) in [5, 5.41) is 2.09. The monoisotopic (exact) mass is 489 g/mol. The number of hydrogen-bond donors (Lipinski definition) is 1. The van der Waals surface area contributed by atoms with Gasteiger partial charge >= 0.3 is 0 Å².